The first-order chi connectivity index (χ1) is 16.0. The maximum absolute atomic E-state index is 13.3. The van der Waals surface area contributed by atoms with Crippen molar-refractivity contribution in [2.45, 2.75) is 12.6 Å². The number of aliphatic hydroxyl groups is 1. The van der Waals surface area contributed by atoms with E-state index >= 15 is 0 Å². The van der Waals surface area contributed by atoms with Crippen LogP contribution in [-0.4, -0.2) is 43.0 Å². The molecule has 0 unspecified atom stereocenters. The van der Waals surface area contributed by atoms with E-state index in [1.54, 1.807) is 18.2 Å². The van der Waals surface area contributed by atoms with Crippen molar-refractivity contribution < 1.29 is 33.3 Å². The molecule has 1 aliphatic rings. The number of carbonyl (C=O) groups is 2. The first-order valence-electron chi connectivity index (χ1n) is 10.2. The SMILES string of the molecule is COc1cc([C@@H]2C(C(=O)c3ccco3)=C(O)C(=O)N2Cc2ccccc2)cc(OC)c1OC. The number of ether oxygens (including phenoxy) is 3. The summed E-state index contributed by atoms with van der Waals surface area (Å²) >= 11 is 0. The number of Topliss-reactive ketones (excluding diaryl/α,β-unsaturated/α-hetero) is 1. The fraction of sp³-hybridized carbons (Fsp3) is 0.200. The molecule has 1 aliphatic heterocycles. The average Bonchev–Trinajstić information content (AvgIpc) is 3.47. The van der Waals surface area contributed by atoms with Gasteiger partial charge in [0, 0.05) is 6.54 Å². The molecule has 1 aromatic heterocycles. The van der Waals surface area contributed by atoms with Crippen LogP contribution >= 0.6 is 0 Å². The second-order valence-corrected chi connectivity index (χ2v) is 7.35. The smallest absolute Gasteiger partial charge is 0.290 e. The van der Waals surface area contributed by atoms with Crippen molar-refractivity contribution in [3.8, 4) is 17.2 Å². The Kier molecular flexibility index (Phi) is 6.08. The van der Waals surface area contributed by atoms with Crippen molar-refractivity contribution in [1.29, 1.82) is 0 Å². The van der Waals surface area contributed by atoms with Crippen LogP contribution in [0, 0.1) is 0 Å². The van der Waals surface area contributed by atoms with E-state index < -0.39 is 23.5 Å². The number of benzene rings is 2. The summed E-state index contributed by atoms with van der Waals surface area (Å²) in [6, 6.07) is 14.8. The summed E-state index contributed by atoms with van der Waals surface area (Å²) in [7, 11) is 4.44. The van der Waals surface area contributed by atoms with Crippen molar-refractivity contribution in [3.63, 3.8) is 0 Å². The van der Waals surface area contributed by atoms with Crippen LogP contribution in [0.2, 0.25) is 0 Å². The summed E-state index contributed by atoms with van der Waals surface area (Å²) in [5, 5.41) is 10.8. The summed E-state index contributed by atoms with van der Waals surface area (Å²) in [5.74, 6) is -0.762. The lowest BCUT2D eigenvalue weighted by Gasteiger charge is -2.28. The molecule has 4 rings (SSSR count). The van der Waals surface area contributed by atoms with Crippen molar-refractivity contribution in [3.05, 3.63) is 89.1 Å². The number of aliphatic hydroxyl groups excluding tert-OH is 1. The molecule has 1 amide bonds. The first-order valence-corrected chi connectivity index (χ1v) is 10.2. The molecule has 1 N–H and O–H groups in total. The Morgan fingerprint density at radius 1 is 1.00 bits per heavy atom. The van der Waals surface area contributed by atoms with Gasteiger partial charge in [-0.3, -0.25) is 9.59 Å². The molecule has 8 nitrogen and oxygen atoms in total. The molecule has 3 aromatic rings. The van der Waals surface area contributed by atoms with Crippen LogP contribution in [0.15, 0.2) is 76.6 Å². The molecule has 0 radical (unpaired) electrons. The molecule has 1 atom stereocenters. The standard InChI is InChI=1S/C25H23NO7/c1-30-18-12-16(13-19(31-2)24(18)32-3)21-20(22(27)17-10-7-11-33-17)23(28)25(29)26(21)14-15-8-5-4-6-9-15/h4-13,21,28H,14H2,1-3H3/t21-/m1/s1. The predicted octanol–water partition coefficient (Wildman–Crippen LogP) is 4.08. The van der Waals surface area contributed by atoms with Crippen molar-refractivity contribution >= 4 is 11.7 Å². The second kappa shape index (κ2) is 9.12. The summed E-state index contributed by atoms with van der Waals surface area (Å²) in [6.45, 7) is 0.167. The number of furan rings is 1. The van der Waals surface area contributed by atoms with Gasteiger partial charge in [-0.25, -0.2) is 0 Å². The van der Waals surface area contributed by atoms with Gasteiger partial charge in [0.1, 0.15) is 0 Å². The Balaban J connectivity index is 1.88. The van der Waals surface area contributed by atoms with Gasteiger partial charge in [0.2, 0.25) is 11.5 Å². The summed E-state index contributed by atoms with van der Waals surface area (Å²) in [4.78, 5) is 27.9. The van der Waals surface area contributed by atoms with Crippen molar-refractivity contribution in [1.82, 2.24) is 4.90 Å². The second-order valence-electron chi connectivity index (χ2n) is 7.35. The lowest BCUT2D eigenvalue weighted by atomic mass is 9.94. The zero-order valence-electron chi connectivity index (χ0n) is 18.4. The number of nitrogens with zero attached hydrogens (tertiary/aromatic N) is 1. The Morgan fingerprint density at radius 2 is 1.67 bits per heavy atom. The third-order valence-electron chi connectivity index (χ3n) is 5.49. The normalized spacial score (nSPS) is 15.7. The third-order valence-corrected chi connectivity index (χ3v) is 5.49. The van der Waals surface area contributed by atoms with Crippen LogP contribution in [0.3, 0.4) is 0 Å². The predicted molar refractivity (Wildman–Crippen MR) is 119 cm³/mol. The topological polar surface area (TPSA) is 98.4 Å². The molecule has 0 saturated carbocycles. The minimum atomic E-state index is -0.913. The summed E-state index contributed by atoms with van der Waals surface area (Å²) in [5.41, 5.74) is 1.26. The summed E-state index contributed by atoms with van der Waals surface area (Å²) < 4.78 is 21.6. The van der Waals surface area contributed by atoms with E-state index in [0.717, 1.165) is 5.56 Å². The van der Waals surface area contributed by atoms with E-state index in [1.165, 1.54) is 38.6 Å². The first kappa shape index (κ1) is 22.0. The zero-order chi connectivity index (χ0) is 23.5. The van der Waals surface area contributed by atoms with Crippen LogP contribution in [0.5, 0.6) is 17.2 Å². The van der Waals surface area contributed by atoms with Gasteiger partial charge >= 0.3 is 0 Å². The van der Waals surface area contributed by atoms with Crippen LogP contribution < -0.4 is 14.2 Å². The molecule has 0 bridgehead atoms. The molecule has 2 aromatic carbocycles. The third kappa shape index (κ3) is 3.91. The number of hydrogen-bond acceptors (Lipinski definition) is 7. The molecule has 0 saturated heterocycles. The average molecular weight is 449 g/mol. The molecule has 33 heavy (non-hydrogen) atoms. The molecule has 0 aliphatic carbocycles. The molecule has 170 valence electrons. The van der Waals surface area contributed by atoms with Crippen LogP contribution in [0.1, 0.15) is 27.7 Å². The number of amides is 1. The van der Waals surface area contributed by atoms with E-state index in [9.17, 15) is 14.7 Å². The number of rotatable bonds is 8. The monoisotopic (exact) mass is 449 g/mol. The van der Waals surface area contributed by atoms with E-state index in [1.807, 2.05) is 30.3 Å². The largest absolute Gasteiger partial charge is 0.503 e. The van der Waals surface area contributed by atoms with Gasteiger partial charge in [-0.15, -0.1) is 0 Å². The Bertz CT molecular complexity index is 1170. The zero-order valence-corrected chi connectivity index (χ0v) is 18.4. The fourth-order valence-corrected chi connectivity index (χ4v) is 3.98. The van der Waals surface area contributed by atoms with Crippen molar-refractivity contribution in [2.24, 2.45) is 0 Å². The van der Waals surface area contributed by atoms with Crippen LogP contribution in [-0.2, 0) is 11.3 Å². The van der Waals surface area contributed by atoms with Gasteiger partial charge < -0.3 is 28.6 Å². The molecule has 0 fully saturated rings. The highest BCUT2D eigenvalue weighted by Crippen LogP contribution is 2.46. The molecule has 2 heterocycles. The molecular formula is C25H23NO7. The van der Waals surface area contributed by atoms with Gasteiger partial charge in [0.05, 0.1) is 39.2 Å². The quantitative estimate of drug-likeness (QED) is 0.517. The number of carbonyl (C=O) groups excluding carboxylic acids is 2. The molecule has 8 heteroatoms. The molecular weight excluding hydrogens is 426 g/mol. The van der Waals surface area contributed by atoms with Gasteiger partial charge in [-0.2, -0.15) is 0 Å². The summed E-state index contributed by atoms with van der Waals surface area (Å²) in [6.07, 6.45) is 1.36. The lowest BCUT2D eigenvalue weighted by Crippen LogP contribution is -2.30. The fourth-order valence-electron chi connectivity index (χ4n) is 3.98. The Labute approximate surface area is 190 Å². The molecule has 0 spiro atoms. The van der Waals surface area contributed by atoms with E-state index in [4.69, 9.17) is 18.6 Å². The van der Waals surface area contributed by atoms with E-state index in [2.05, 4.69) is 0 Å². The van der Waals surface area contributed by atoms with Crippen LogP contribution in [0.25, 0.3) is 0 Å². The van der Waals surface area contributed by atoms with E-state index in [0.29, 0.717) is 22.8 Å². The minimum absolute atomic E-state index is 0.0170. The highest BCUT2D eigenvalue weighted by Gasteiger charge is 2.45. The maximum Gasteiger partial charge on any atom is 0.290 e. The van der Waals surface area contributed by atoms with E-state index in [-0.39, 0.29) is 17.9 Å². The number of methoxy groups -OCH3 is 3. The van der Waals surface area contributed by atoms with Gasteiger partial charge in [-0.05, 0) is 35.4 Å². The minimum Gasteiger partial charge on any atom is -0.503 e. The van der Waals surface area contributed by atoms with Gasteiger partial charge in [0.25, 0.3) is 5.91 Å². The van der Waals surface area contributed by atoms with Gasteiger partial charge in [0.15, 0.2) is 23.0 Å². The number of ketones is 1. The Morgan fingerprint density at radius 3 is 2.21 bits per heavy atom. The Hall–Kier alpha value is -4.20. The van der Waals surface area contributed by atoms with Crippen molar-refractivity contribution in [2.75, 3.05) is 21.3 Å². The lowest BCUT2D eigenvalue weighted by molar-refractivity contribution is -0.130. The highest BCUT2D eigenvalue weighted by atomic mass is 16.5. The number of hydrogen-bond donors (Lipinski definition) is 1. The van der Waals surface area contributed by atoms with Gasteiger partial charge in [-0.1, -0.05) is 30.3 Å². The highest BCUT2D eigenvalue weighted by molar-refractivity contribution is 6.15. The van der Waals surface area contributed by atoms with Crippen LogP contribution in [0.4, 0.5) is 0 Å². The maximum atomic E-state index is 13.3.